The van der Waals surface area contributed by atoms with E-state index in [2.05, 4.69) is 15.3 Å². The summed E-state index contributed by atoms with van der Waals surface area (Å²) in [7, 11) is 0. The first kappa shape index (κ1) is 16.6. The summed E-state index contributed by atoms with van der Waals surface area (Å²) in [5.41, 5.74) is 0. The molecule has 2 heterocycles. The van der Waals surface area contributed by atoms with Gasteiger partial charge in [0.05, 0.1) is 11.2 Å². The third-order valence-corrected chi connectivity index (χ3v) is 4.07. The molecule has 0 fully saturated rings. The van der Waals surface area contributed by atoms with Crippen LogP contribution in [0.2, 0.25) is 5.02 Å². The molecule has 0 N–H and O–H groups in total. The number of thioether (sulfide) groups is 1. The summed E-state index contributed by atoms with van der Waals surface area (Å²) in [6.45, 7) is 2.13. The van der Waals surface area contributed by atoms with Crippen molar-refractivity contribution < 1.29 is 9.15 Å². The van der Waals surface area contributed by atoms with Gasteiger partial charge in [-0.15, -0.1) is 10.2 Å². The molecule has 1 aromatic carbocycles. The highest BCUT2D eigenvalue weighted by molar-refractivity contribution is 7.98. The lowest BCUT2D eigenvalue weighted by atomic mass is 10.3. The second-order valence-electron chi connectivity index (χ2n) is 4.81. The number of aromatic nitrogens is 3. The molecule has 0 aliphatic rings. The number of ether oxygens (including phenoxy) is 1. The number of hydrogen-bond acceptors (Lipinski definition) is 6. The minimum absolute atomic E-state index is 0.291. The van der Waals surface area contributed by atoms with Crippen LogP contribution in [0.1, 0.15) is 17.3 Å². The van der Waals surface area contributed by atoms with Crippen LogP contribution in [0.25, 0.3) is 0 Å². The van der Waals surface area contributed by atoms with Gasteiger partial charge in [0.15, 0.2) is 5.82 Å². The Hall–Kier alpha value is -2.25. The van der Waals surface area contributed by atoms with Gasteiger partial charge >= 0.3 is 0 Å². The molecule has 0 aliphatic carbocycles. The van der Waals surface area contributed by atoms with E-state index in [-0.39, 0.29) is 0 Å². The van der Waals surface area contributed by atoms with Crippen LogP contribution in [-0.4, -0.2) is 27.3 Å². The van der Waals surface area contributed by atoms with Crippen molar-refractivity contribution in [1.82, 2.24) is 14.9 Å². The fraction of sp³-hybridized carbons (Fsp3) is 0.188. The molecule has 0 saturated carbocycles. The fourth-order valence-corrected chi connectivity index (χ4v) is 2.63. The molecule has 0 unspecified atom stereocenters. The Labute approximate surface area is 148 Å². The number of benzene rings is 1. The molecule has 0 spiro atoms. The molecule has 124 valence electrons. The Bertz CT molecular complexity index is 859. The lowest BCUT2D eigenvalue weighted by Crippen LogP contribution is -1.95. The molecule has 0 amide bonds. The van der Waals surface area contributed by atoms with Crippen molar-refractivity contribution >= 4 is 29.6 Å². The lowest BCUT2D eigenvalue weighted by molar-refractivity contribution is 0.270. The molecule has 0 aliphatic heterocycles. The predicted molar refractivity (Wildman–Crippen MR) is 94.0 cm³/mol. The van der Waals surface area contributed by atoms with Crippen molar-refractivity contribution in [2.75, 3.05) is 6.26 Å². The van der Waals surface area contributed by atoms with E-state index in [1.165, 1.54) is 11.8 Å². The number of furan rings is 1. The van der Waals surface area contributed by atoms with Crippen LogP contribution < -0.4 is 4.74 Å². The van der Waals surface area contributed by atoms with Crippen LogP contribution in [0.15, 0.2) is 51.1 Å². The third-order valence-electron chi connectivity index (χ3n) is 3.14. The van der Waals surface area contributed by atoms with E-state index in [1.54, 1.807) is 17.0 Å². The Morgan fingerprint density at radius 3 is 2.92 bits per heavy atom. The maximum atomic E-state index is 6.05. The van der Waals surface area contributed by atoms with E-state index in [0.29, 0.717) is 34.7 Å². The first-order valence-corrected chi connectivity index (χ1v) is 8.74. The van der Waals surface area contributed by atoms with Crippen LogP contribution in [0, 0.1) is 6.92 Å². The summed E-state index contributed by atoms with van der Waals surface area (Å²) in [5.74, 6) is 2.63. The van der Waals surface area contributed by atoms with Crippen molar-refractivity contribution in [2.24, 2.45) is 5.10 Å². The highest BCUT2D eigenvalue weighted by Gasteiger charge is 2.07. The van der Waals surface area contributed by atoms with Crippen LogP contribution in [-0.2, 0) is 6.61 Å². The van der Waals surface area contributed by atoms with Gasteiger partial charge in [-0.05, 0) is 37.4 Å². The summed E-state index contributed by atoms with van der Waals surface area (Å²) in [6.07, 6.45) is 3.54. The van der Waals surface area contributed by atoms with E-state index in [9.17, 15) is 0 Å². The van der Waals surface area contributed by atoms with Gasteiger partial charge in [-0.3, -0.25) is 0 Å². The molecule has 0 bridgehead atoms. The van der Waals surface area contributed by atoms with Crippen molar-refractivity contribution in [3.63, 3.8) is 0 Å². The van der Waals surface area contributed by atoms with E-state index in [4.69, 9.17) is 20.8 Å². The molecule has 0 radical (unpaired) electrons. The van der Waals surface area contributed by atoms with Crippen molar-refractivity contribution in [1.29, 1.82) is 0 Å². The van der Waals surface area contributed by atoms with Crippen LogP contribution in [0.3, 0.4) is 0 Å². The van der Waals surface area contributed by atoms with Crippen molar-refractivity contribution in [3.8, 4) is 5.75 Å². The average molecular weight is 363 g/mol. The van der Waals surface area contributed by atoms with Crippen molar-refractivity contribution in [3.05, 3.63) is 58.8 Å². The zero-order valence-corrected chi connectivity index (χ0v) is 14.7. The van der Waals surface area contributed by atoms with E-state index >= 15 is 0 Å². The molecule has 8 heteroatoms. The standard InChI is InChI=1S/C16H15ClN4O2S/c1-11-19-20-16(24-2)21(11)18-9-12-7-8-13(23-12)10-22-15-6-4-3-5-14(15)17/h3-9H,10H2,1-2H3/b18-9+. The monoisotopic (exact) mass is 362 g/mol. The van der Waals surface area contributed by atoms with Gasteiger partial charge in [0.1, 0.15) is 23.9 Å². The highest BCUT2D eigenvalue weighted by atomic mass is 35.5. The topological polar surface area (TPSA) is 65.4 Å². The van der Waals surface area contributed by atoms with Gasteiger partial charge in [-0.25, -0.2) is 0 Å². The number of rotatable bonds is 6. The minimum Gasteiger partial charge on any atom is -0.484 e. The molecule has 3 rings (SSSR count). The third kappa shape index (κ3) is 3.80. The molecule has 24 heavy (non-hydrogen) atoms. The van der Waals surface area contributed by atoms with Gasteiger partial charge in [-0.2, -0.15) is 9.78 Å². The number of aryl methyl sites for hydroxylation is 1. The van der Waals surface area contributed by atoms with Crippen LogP contribution in [0.5, 0.6) is 5.75 Å². The Balaban J connectivity index is 1.66. The average Bonchev–Trinajstić information content (AvgIpc) is 3.18. The fourth-order valence-electron chi connectivity index (χ4n) is 1.97. The molecule has 2 aromatic heterocycles. The van der Waals surface area contributed by atoms with Gasteiger partial charge in [-0.1, -0.05) is 35.5 Å². The Kier molecular flexibility index (Phi) is 5.22. The Morgan fingerprint density at radius 1 is 1.29 bits per heavy atom. The summed E-state index contributed by atoms with van der Waals surface area (Å²) < 4.78 is 13.0. The molecule has 0 saturated heterocycles. The van der Waals surface area contributed by atoms with Crippen molar-refractivity contribution in [2.45, 2.75) is 18.7 Å². The van der Waals surface area contributed by atoms with E-state index in [1.807, 2.05) is 43.5 Å². The maximum absolute atomic E-state index is 6.05. The first-order chi connectivity index (χ1) is 11.7. The van der Waals surface area contributed by atoms with E-state index in [0.717, 1.165) is 5.16 Å². The predicted octanol–water partition coefficient (Wildman–Crippen LogP) is 4.02. The van der Waals surface area contributed by atoms with Gasteiger partial charge < -0.3 is 9.15 Å². The van der Waals surface area contributed by atoms with Gasteiger partial charge in [0, 0.05) is 0 Å². The maximum Gasteiger partial charge on any atom is 0.211 e. The number of para-hydroxylation sites is 1. The van der Waals surface area contributed by atoms with E-state index < -0.39 is 0 Å². The summed E-state index contributed by atoms with van der Waals surface area (Å²) in [6, 6.07) is 11.0. The Morgan fingerprint density at radius 2 is 2.12 bits per heavy atom. The quantitative estimate of drug-likeness (QED) is 0.489. The summed E-state index contributed by atoms with van der Waals surface area (Å²) in [4.78, 5) is 0. The number of halogens is 1. The first-order valence-electron chi connectivity index (χ1n) is 7.14. The largest absolute Gasteiger partial charge is 0.484 e. The number of nitrogens with zero attached hydrogens (tertiary/aromatic N) is 4. The normalized spacial score (nSPS) is 11.3. The second-order valence-corrected chi connectivity index (χ2v) is 5.99. The number of hydrogen-bond donors (Lipinski definition) is 0. The zero-order chi connectivity index (χ0) is 16.9. The van der Waals surface area contributed by atoms with Crippen LogP contribution >= 0.6 is 23.4 Å². The van der Waals surface area contributed by atoms with Crippen LogP contribution in [0.4, 0.5) is 0 Å². The van der Waals surface area contributed by atoms with Gasteiger partial charge in [0.25, 0.3) is 0 Å². The highest BCUT2D eigenvalue weighted by Crippen LogP contribution is 2.24. The minimum atomic E-state index is 0.291. The molecule has 6 nitrogen and oxygen atoms in total. The molecule has 3 aromatic rings. The lowest BCUT2D eigenvalue weighted by Gasteiger charge is -2.05. The molecule has 0 atom stereocenters. The molecular formula is C16H15ClN4O2S. The smallest absolute Gasteiger partial charge is 0.211 e. The summed E-state index contributed by atoms with van der Waals surface area (Å²) >= 11 is 7.53. The second kappa shape index (κ2) is 7.55. The zero-order valence-electron chi connectivity index (χ0n) is 13.1. The van der Waals surface area contributed by atoms with Gasteiger partial charge in [0.2, 0.25) is 5.16 Å². The SMILES string of the molecule is CSc1nnc(C)n1/N=C/c1ccc(COc2ccccc2Cl)o1. The molecular weight excluding hydrogens is 348 g/mol. The summed E-state index contributed by atoms with van der Waals surface area (Å²) in [5, 5.41) is 13.6.